The average Bonchev–Trinajstić information content (AvgIpc) is 2.92. The van der Waals surface area contributed by atoms with Crippen LogP contribution in [0.4, 0.5) is 11.4 Å². The largest absolute Gasteiger partial charge is 0.502 e. The molecule has 8 aliphatic carbocycles. The molecule has 2 aromatic carbocycles. The van der Waals surface area contributed by atoms with Gasteiger partial charge in [0.2, 0.25) is 0 Å². The monoisotopic (exact) mass is 576 g/mol. The minimum Gasteiger partial charge on any atom is -0.502 e. The van der Waals surface area contributed by atoms with Crippen molar-refractivity contribution in [2.24, 2.45) is 46.3 Å². The number of nitro benzene ring substituents is 2. The van der Waals surface area contributed by atoms with Crippen molar-refractivity contribution in [3.63, 3.8) is 0 Å². The first kappa shape index (κ1) is 26.1. The second-order valence-corrected chi connectivity index (χ2v) is 14.5. The molecule has 42 heavy (non-hydrogen) atoms. The standard InChI is InChI=1S/C32H36N2O8/c35-28-3-1-24(11-26(28)33(37)38)41-32(42-25-2-4-29(36)27(12-25)34(39)40)23-9-21-8-22(10-23)17-31(32,16-21)30-13-18-5-19(14-30)7-20(6-18)15-30/h1-4,11-12,18-23,35-36H,5-10,13-17H2. The van der Waals surface area contributed by atoms with Crippen LogP contribution < -0.4 is 9.47 Å². The summed E-state index contributed by atoms with van der Waals surface area (Å²) in [5.41, 5.74) is -1.24. The van der Waals surface area contributed by atoms with Gasteiger partial charge in [-0.05, 0) is 130 Å². The normalized spacial score (nSPS) is 38.4. The van der Waals surface area contributed by atoms with Gasteiger partial charge in [-0.2, -0.15) is 0 Å². The van der Waals surface area contributed by atoms with Gasteiger partial charge in [-0.15, -0.1) is 0 Å². The fourth-order valence-electron chi connectivity index (χ4n) is 11.6. The molecule has 0 heterocycles. The highest BCUT2D eigenvalue weighted by Gasteiger charge is 2.77. The number of rotatable bonds is 7. The molecule has 2 aromatic rings. The van der Waals surface area contributed by atoms with Crippen LogP contribution in [0.2, 0.25) is 0 Å². The molecule has 10 rings (SSSR count). The van der Waals surface area contributed by atoms with Gasteiger partial charge < -0.3 is 19.7 Å². The van der Waals surface area contributed by atoms with Gasteiger partial charge >= 0.3 is 11.4 Å². The Balaban J connectivity index is 1.32. The van der Waals surface area contributed by atoms with Gasteiger partial charge in [-0.1, -0.05) is 0 Å². The SMILES string of the molecule is O=[N+]([O-])c1cc(OC2(Oc3ccc(O)c([N+](=O)[O-])c3)C3CC4CC(C3)CC2(C23CC5CC(CC(C5)C2)C3)C4)ccc1O. The van der Waals surface area contributed by atoms with Gasteiger partial charge in [0.05, 0.1) is 27.4 Å². The van der Waals surface area contributed by atoms with Crippen LogP contribution in [0, 0.1) is 66.6 Å². The Kier molecular flexibility index (Phi) is 5.43. The maximum Gasteiger partial charge on any atom is 0.314 e. The number of nitrogens with zero attached hydrogens (tertiary/aromatic N) is 2. The molecular weight excluding hydrogens is 540 g/mol. The Bertz CT molecular complexity index is 1370. The van der Waals surface area contributed by atoms with E-state index >= 15 is 0 Å². The van der Waals surface area contributed by atoms with Crippen molar-refractivity contribution in [1.29, 1.82) is 0 Å². The second kappa shape index (κ2) is 8.74. The predicted molar refractivity (Wildman–Crippen MR) is 150 cm³/mol. The van der Waals surface area contributed by atoms with Gasteiger partial charge in [0.25, 0.3) is 5.79 Å². The molecule has 8 aliphatic rings. The van der Waals surface area contributed by atoms with Gasteiger partial charge in [-0.3, -0.25) is 20.2 Å². The molecule has 0 amide bonds. The van der Waals surface area contributed by atoms with Crippen LogP contribution in [0.15, 0.2) is 36.4 Å². The Hall–Kier alpha value is -3.56. The summed E-state index contributed by atoms with van der Waals surface area (Å²) >= 11 is 0. The van der Waals surface area contributed by atoms with E-state index in [0.717, 1.165) is 44.9 Å². The van der Waals surface area contributed by atoms with Gasteiger partial charge in [0.1, 0.15) is 11.5 Å². The van der Waals surface area contributed by atoms with E-state index in [-0.39, 0.29) is 28.2 Å². The fourth-order valence-corrected chi connectivity index (χ4v) is 11.6. The number of phenols is 2. The second-order valence-electron chi connectivity index (χ2n) is 14.5. The lowest BCUT2D eigenvalue weighted by Gasteiger charge is -2.74. The number of phenolic OH excluding ortho intramolecular Hbond substituents is 2. The molecular formula is C32H36N2O8. The van der Waals surface area contributed by atoms with Crippen LogP contribution in [0.25, 0.3) is 0 Å². The Morgan fingerprint density at radius 1 is 0.643 bits per heavy atom. The first-order valence-corrected chi connectivity index (χ1v) is 15.4. The molecule has 8 saturated carbocycles. The highest BCUT2D eigenvalue weighted by molar-refractivity contribution is 5.51. The van der Waals surface area contributed by atoms with E-state index in [2.05, 4.69) is 0 Å². The van der Waals surface area contributed by atoms with E-state index in [1.54, 1.807) is 12.1 Å². The number of hydrogen-bond donors (Lipinski definition) is 2. The van der Waals surface area contributed by atoms with Gasteiger partial charge in [0, 0.05) is 5.92 Å². The van der Waals surface area contributed by atoms with Crippen LogP contribution in [0.3, 0.4) is 0 Å². The molecule has 2 atom stereocenters. The van der Waals surface area contributed by atoms with E-state index in [0.29, 0.717) is 29.6 Å². The highest BCUT2D eigenvalue weighted by Crippen LogP contribution is 2.78. The first-order valence-electron chi connectivity index (χ1n) is 15.4. The van der Waals surface area contributed by atoms with Crippen LogP contribution in [0.1, 0.15) is 70.6 Å². The summed E-state index contributed by atoms with van der Waals surface area (Å²) in [6, 6.07) is 8.26. The quantitative estimate of drug-likeness (QED) is 0.201. The van der Waals surface area contributed by atoms with Gasteiger partial charge in [-0.25, -0.2) is 0 Å². The first-order chi connectivity index (χ1) is 20.1. The molecule has 0 saturated heterocycles. The molecule has 2 unspecified atom stereocenters. The predicted octanol–water partition coefficient (Wildman–Crippen LogP) is 7.11. The van der Waals surface area contributed by atoms with Crippen molar-refractivity contribution in [2.45, 2.75) is 76.4 Å². The third-order valence-electron chi connectivity index (χ3n) is 12.3. The van der Waals surface area contributed by atoms with Crippen molar-refractivity contribution in [3.05, 3.63) is 56.6 Å². The molecule has 0 aliphatic heterocycles. The summed E-state index contributed by atoms with van der Waals surface area (Å²) in [5.74, 6) is 1.60. The number of benzene rings is 2. The fraction of sp³-hybridized carbons (Fsp3) is 0.625. The van der Waals surface area contributed by atoms with Gasteiger partial charge in [0.15, 0.2) is 11.5 Å². The summed E-state index contributed by atoms with van der Waals surface area (Å²) in [5, 5.41) is 44.0. The zero-order valence-corrected chi connectivity index (χ0v) is 23.4. The van der Waals surface area contributed by atoms with Crippen molar-refractivity contribution in [1.82, 2.24) is 0 Å². The van der Waals surface area contributed by atoms with E-state index < -0.39 is 38.5 Å². The molecule has 8 fully saturated rings. The molecule has 0 spiro atoms. The number of ether oxygens (including phenoxy) is 2. The number of nitro groups is 2. The molecule has 10 heteroatoms. The maximum atomic E-state index is 11.8. The molecule has 222 valence electrons. The lowest BCUT2D eigenvalue weighted by Crippen LogP contribution is -2.76. The summed E-state index contributed by atoms with van der Waals surface area (Å²) < 4.78 is 14.2. The third-order valence-corrected chi connectivity index (χ3v) is 12.3. The Labute approximate surface area is 243 Å². The van der Waals surface area contributed by atoms with Crippen LogP contribution in [-0.2, 0) is 0 Å². The summed E-state index contributed by atoms with van der Waals surface area (Å²) in [6.07, 6.45) is 12.2. The molecule has 0 radical (unpaired) electrons. The van der Waals surface area contributed by atoms with E-state index in [1.807, 2.05) is 0 Å². The zero-order chi connectivity index (χ0) is 29.0. The highest BCUT2D eigenvalue weighted by atomic mass is 16.7. The van der Waals surface area contributed by atoms with Crippen molar-refractivity contribution < 1.29 is 29.5 Å². The van der Waals surface area contributed by atoms with Crippen LogP contribution in [-0.4, -0.2) is 25.8 Å². The van der Waals surface area contributed by atoms with Crippen molar-refractivity contribution in [2.75, 3.05) is 0 Å². The smallest absolute Gasteiger partial charge is 0.314 e. The van der Waals surface area contributed by atoms with Crippen LogP contribution >= 0.6 is 0 Å². The number of hydrogen-bond acceptors (Lipinski definition) is 8. The summed E-state index contributed by atoms with van der Waals surface area (Å²) in [7, 11) is 0. The van der Waals surface area contributed by atoms with Crippen molar-refractivity contribution >= 4 is 11.4 Å². The van der Waals surface area contributed by atoms with Crippen LogP contribution in [0.5, 0.6) is 23.0 Å². The summed E-state index contributed by atoms with van der Waals surface area (Å²) in [4.78, 5) is 22.3. The Morgan fingerprint density at radius 3 is 1.45 bits per heavy atom. The molecule has 2 N–H and O–H groups in total. The van der Waals surface area contributed by atoms with E-state index in [1.165, 1.54) is 49.9 Å². The molecule has 0 aromatic heterocycles. The maximum absolute atomic E-state index is 11.8. The third kappa shape index (κ3) is 3.56. The Morgan fingerprint density at radius 2 is 1.05 bits per heavy atom. The van der Waals surface area contributed by atoms with Crippen molar-refractivity contribution in [3.8, 4) is 23.0 Å². The minimum absolute atomic E-state index is 0.00234. The molecule has 8 bridgehead atoms. The molecule has 10 nitrogen and oxygen atoms in total. The lowest BCUT2D eigenvalue weighted by atomic mass is 9.33. The van der Waals surface area contributed by atoms with E-state index in [4.69, 9.17) is 9.47 Å². The van der Waals surface area contributed by atoms with E-state index in [9.17, 15) is 30.4 Å². The summed E-state index contributed by atoms with van der Waals surface area (Å²) in [6.45, 7) is 0. The zero-order valence-electron chi connectivity index (χ0n) is 23.4. The average molecular weight is 577 g/mol. The minimum atomic E-state index is -1.21. The number of aromatic hydroxyl groups is 2. The lowest BCUT2D eigenvalue weighted by molar-refractivity contribution is -0.386. The topological polar surface area (TPSA) is 145 Å².